The third kappa shape index (κ3) is 4.79. The first-order chi connectivity index (χ1) is 22.5. The van der Waals surface area contributed by atoms with E-state index in [1.165, 1.54) is 0 Å². The fraction of sp³-hybridized carbons (Fsp3) is 0. The van der Waals surface area contributed by atoms with E-state index in [0.717, 1.165) is 24.3 Å². The molecule has 0 bridgehead atoms. The van der Waals surface area contributed by atoms with Gasteiger partial charge in [-0.05, 0) is 12.1 Å². The summed E-state index contributed by atoms with van der Waals surface area (Å²) in [5.41, 5.74) is -3.92. The second-order valence-corrected chi connectivity index (χ2v) is 9.18. The normalized spacial score (nSPS) is 14.5. The highest BCUT2D eigenvalue weighted by molar-refractivity contribution is 5.80. The summed E-state index contributed by atoms with van der Waals surface area (Å²) in [6.45, 7) is 0. The average Bonchev–Trinajstić information content (AvgIpc) is 3.65. The molecule has 2 aliphatic rings. The molecule has 4 aromatic rings. The Morgan fingerprint density at radius 1 is 0.489 bits per heavy atom. The van der Waals surface area contributed by atoms with Gasteiger partial charge in [-0.15, -0.1) is 0 Å². The number of halogens is 7. The van der Waals surface area contributed by atoms with Crippen LogP contribution < -0.4 is 21.4 Å². The summed E-state index contributed by atoms with van der Waals surface area (Å²) in [7, 11) is 0. The lowest BCUT2D eigenvalue weighted by molar-refractivity contribution is 0.380. The molecule has 224 valence electrons. The van der Waals surface area contributed by atoms with Crippen LogP contribution in [0.2, 0.25) is 0 Å². The molecule has 0 amide bonds. The highest BCUT2D eigenvalue weighted by Crippen LogP contribution is 2.32. The van der Waals surface area contributed by atoms with Crippen molar-refractivity contribution >= 4 is 11.1 Å². The first-order valence-electron chi connectivity index (χ1n) is 12.4. The van der Waals surface area contributed by atoms with Gasteiger partial charge < -0.3 is 0 Å². The molecule has 47 heavy (non-hydrogen) atoms. The van der Waals surface area contributed by atoms with Gasteiger partial charge in [0, 0.05) is 12.1 Å². The monoisotopic (exact) mass is 639 g/mol. The Bertz CT molecular complexity index is 2480. The van der Waals surface area contributed by atoms with Gasteiger partial charge >= 0.3 is 0 Å². The summed E-state index contributed by atoms with van der Waals surface area (Å²) in [6.07, 6.45) is 0. The fourth-order valence-electron chi connectivity index (χ4n) is 4.27. The second kappa shape index (κ2) is 11.1. The predicted octanol–water partition coefficient (Wildman–Crippen LogP) is 2.55. The molecule has 18 heteroatoms. The van der Waals surface area contributed by atoms with Gasteiger partial charge in [-0.3, -0.25) is 0 Å². The molecule has 2 aliphatic heterocycles. The maximum atomic E-state index is 14.9. The summed E-state index contributed by atoms with van der Waals surface area (Å²) < 4.78 is 100. The Labute approximate surface area is 254 Å². The van der Waals surface area contributed by atoms with Gasteiger partial charge in [-0.2, -0.15) is 21.0 Å². The van der Waals surface area contributed by atoms with Crippen molar-refractivity contribution in [3.05, 3.63) is 121 Å². The summed E-state index contributed by atoms with van der Waals surface area (Å²) >= 11 is 0. The molecule has 0 N–H and O–H groups in total. The summed E-state index contributed by atoms with van der Waals surface area (Å²) in [6, 6.07) is 10.1. The van der Waals surface area contributed by atoms with E-state index in [0.29, 0.717) is 0 Å². The number of benzene rings is 3. The molecule has 0 radical (unpaired) electrons. The highest BCUT2D eigenvalue weighted by Gasteiger charge is 2.30. The zero-order valence-corrected chi connectivity index (χ0v) is 22.4. The molecule has 1 aromatic heterocycles. The Kier molecular flexibility index (Phi) is 7.04. The molecule has 11 nitrogen and oxygen atoms in total. The van der Waals surface area contributed by atoms with Crippen LogP contribution >= 0.6 is 0 Å². The maximum absolute atomic E-state index is 14.9. The van der Waals surface area contributed by atoms with Crippen molar-refractivity contribution in [3.63, 3.8) is 0 Å². The Hall–Kier alpha value is -7.18. The van der Waals surface area contributed by atoms with Crippen molar-refractivity contribution in [3.8, 4) is 35.7 Å². The summed E-state index contributed by atoms with van der Waals surface area (Å²) in [4.78, 5) is 27.4. The molecule has 0 saturated carbocycles. The van der Waals surface area contributed by atoms with Gasteiger partial charge in [0.1, 0.15) is 47.1 Å². The Balaban J connectivity index is 1.67. The minimum absolute atomic E-state index is 0.0786. The number of nitrogens with zero attached hydrogens (tertiary/aromatic N) is 11. The number of rotatable bonds is 3. The lowest BCUT2D eigenvalue weighted by Gasteiger charge is -2.10. The lowest BCUT2D eigenvalue weighted by Crippen LogP contribution is -2.22. The number of nitriles is 4. The van der Waals surface area contributed by atoms with Crippen molar-refractivity contribution in [2.45, 2.75) is 0 Å². The van der Waals surface area contributed by atoms with E-state index in [2.05, 4.69) is 34.9 Å². The van der Waals surface area contributed by atoms with E-state index < -0.39 is 97.7 Å². The zero-order chi connectivity index (χ0) is 33.7. The van der Waals surface area contributed by atoms with Crippen molar-refractivity contribution in [2.75, 3.05) is 0 Å². The van der Waals surface area contributed by atoms with Gasteiger partial charge in [0.25, 0.3) is 0 Å². The maximum Gasteiger partial charge on any atom is 0.200 e. The number of aromatic nitrogens is 3. The number of fused-ring (bicyclic) bond motifs is 2. The Morgan fingerprint density at radius 2 is 0.851 bits per heavy atom. The molecule has 3 aromatic carbocycles. The molecule has 0 saturated heterocycles. The van der Waals surface area contributed by atoms with E-state index in [4.69, 9.17) is 10.5 Å². The fourth-order valence-corrected chi connectivity index (χ4v) is 4.27. The molecule has 0 aliphatic carbocycles. The molecular formula is C29H4F7N11. The van der Waals surface area contributed by atoms with Crippen LogP contribution in [0, 0.1) is 86.0 Å². The van der Waals surface area contributed by atoms with E-state index in [9.17, 15) is 41.3 Å². The first-order valence-corrected chi connectivity index (χ1v) is 12.4. The van der Waals surface area contributed by atoms with Crippen molar-refractivity contribution < 1.29 is 30.7 Å². The van der Waals surface area contributed by atoms with E-state index >= 15 is 0 Å². The topological polar surface area (TPSA) is 183 Å². The first kappa shape index (κ1) is 29.9. The summed E-state index contributed by atoms with van der Waals surface area (Å²) in [5, 5.41) is 37.8. The van der Waals surface area contributed by atoms with E-state index in [1.807, 2.05) is 0 Å². The van der Waals surface area contributed by atoms with Crippen LogP contribution in [0.4, 0.5) is 30.7 Å². The molecule has 0 fully saturated rings. The second-order valence-electron chi connectivity index (χ2n) is 9.18. The quantitative estimate of drug-likeness (QED) is 0.143. The molecule has 3 heterocycles. The predicted molar refractivity (Wildman–Crippen MR) is 137 cm³/mol. The van der Waals surface area contributed by atoms with E-state index in [-0.39, 0.29) is 21.4 Å². The molecular weight excluding hydrogens is 635 g/mol. The van der Waals surface area contributed by atoms with Crippen molar-refractivity contribution in [1.29, 1.82) is 21.0 Å². The van der Waals surface area contributed by atoms with Gasteiger partial charge in [-0.25, -0.2) is 65.7 Å². The largest absolute Gasteiger partial charge is 0.226 e. The molecule has 0 spiro atoms. The average molecular weight is 639 g/mol. The highest BCUT2D eigenvalue weighted by atomic mass is 19.2. The van der Waals surface area contributed by atoms with Crippen molar-refractivity contribution in [2.24, 2.45) is 20.0 Å². The summed E-state index contributed by atoms with van der Waals surface area (Å²) in [5.74, 6) is -17.9. The minimum atomic E-state index is -2.49. The Morgan fingerprint density at radius 3 is 1.21 bits per heavy atom. The van der Waals surface area contributed by atoms with Gasteiger partial charge in [-0.1, -0.05) is 0 Å². The van der Waals surface area contributed by atoms with Crippen molar-refractivity contribution in [1.82, 2.24) is 15.0 Å². The van der Waals surface area contributed by atoms with Crippen LogP contribution in [0.5, 0.6) is 0 Å². The number of hydrogen-bond donors (Lipinski definition) is 0. The third-order valence-electron chi connectivity index (χ3n) is 6.46. The molecule has 0 atom stereocenters. The number of hydrogen-bond acceptors (Lipinski definition) is 11. The van der Waals surface area contributed by atoms with Gasteiger partial charge in [0.05, 0.1) is 38.1 Å². The standard InChI is InChI=1S/C29H4F7N11/c30-13-3-17-15(1-9(13)5-37)41-25(43-17)11(7-39)27-45-28(47-29(46-27)19-20(32)22(34)24(36)23(35)21(19)33)12(8-40)26-42-16-2-10(6-38)14(31)4-18(16)44-26/h1-4H/b25-11+,26-12+. The minimum Gasteiger partial charge on any atom is -0.226 e. The van der Waals surface area contributed by atoms with Crippen LogP contribution in [0.15, 0.2) is 55.9 Å². The van der Waals surface area contributed by atoms with E-state index in [1.54, 1.807) is 24.3 Å². The van der Waals surface area contributed by atoms with Crippen LogP contribution in [0.25, 0.3) is 22.5 Å². The molecule has 0 unspecified atom stereocenters. The lowest BCUT2D eigenvalue weighted by atomic mass is 10.1. The number of allylic oxidation sites excluding steroid dienone is 2. The van der Waals surface area contributed by atoms with Gasteiger partial charge in [0.15, 0.2) is 52.4 Å². The van der Waals surface area contributed by atoms with Crippen LogP contribution in [0.3, 0.4) is 0 Å². The zero-order valence-electron chi connectivity index (χ0n) is 22.4. The van der Waals surface area contributed by atoms with Crippen LogP contribution in [0.1, 0.15) is 22.8 Å². The smallest absolute Gasteiger partial charge is 0.200 e. The van der Waals surface area contributed by atoms with Crippen LogP contribution in [-0.4, -0.2) is 15.0 Å². The van der Waals surface area contributed by atoms with Crippen LogP contribution in [-0.2, 0) is 0 Å². The molecule has 6 rings (SSSR count). The van der Waals surface area contributed by atoms with Gasteiger partial charge in [0.2, 0.25) is 5.82 Å². The SMILES string of the molecule is N#C/C(=C1\N=c2cc(F)c(C#N)cc2=N1)c1nc(/C(C#N)=C2/N=c3cc(F)c(C#N)cc3=N2)nc(-c2c(F)c(F)c(F)c(F)c2F)n1. The third-order valence-corrected chi connectivity index (χ3v) is 6.46.